The van der Waals surface area contributed by atoms with Crippen molar-refractivity contribution in [2.45, 2.75) is 26.3 Å². The Morgan fingerprint density at radius 1 is 1.22 bits per heavy atom. The minimum absolute atomic E-state index is 0.0244. The standard InChI is InChI=1S/C20H21NO2/c1-3-23-18-11-8-16(9-12-18)10-13-20(22)21-15(2)14-17-6-4-5-7-19(17)21/h4-13,15H,3,14H2,1-2H3/b13-10-/t15-/m0/s1. The third-order valence-corrected chi connectivity index (χ3v) is 4.05. The third-order valence-electron chi connectivity index (χ3n) is 4.05. The number of para-hydroxylation sites is 1. The SMILES string of the molecule is CCOc1ccc(/C=C\C(=O)N2c3ccccc3C[C@@H]2C)cc1. The fourth-order valence-electron chi connectivity index (χ4n) is 2.99. The maximum atomic E-state index is 12.6. The van der Waals surface area contributed by atoms with Crippen LogP contribution in [-0.4, -0.2) is 18.6 Å². The molecule has 0 saturated heterocycles. The largest absolute Gasteiger partial charge is 0.494 e. The highest BCUT2D eigenvalue weighted by molar-refractivity contribution is 6.05. The number of benzene rings is 2. The van der Waals surface area contributed by atoms with Crippen molar-refractivity contribution in [3.63, 3.8) is 0 Å². The van der Waals surface area contributed by atoms with Gasteiger partial charge in [-0.1, -0.05) is 30.3 Å². The number of anilines is 1. The predicted molar refractivity (Wildman–Crippen MR) is 93.7 cm³/mol. The molecule has 118 valence electrons. The number of hydrogen-bond acceptors (Lipinski definition) is 2. The van der Waals surface area contributed by atoms with E-state index >= 15 is 0 Å². The van der Waals surface area contributed by atoms with E-state index in [-0.39, 0.29) is 11.9 Å². The molecule has 0 aromatic heterocycles. The number of ether oxygens (including phenoxy) is 1. The van der Waals surface area contributed by atoms with Gasteiger partial charge in [0.15, 0.2) is 0 Å². The van der Waals surface area contributed by atoms with E-state index in [2.05, 4.69) is 13.0 Å². The number of fused-ring (bicyclic) bond motifs is 1. The first-order valence-corrected chi connectivity index (χ1v) is 8.01. The van der Waals surface area contributed by atoms with Gasteiger partial charge in [0.05, 0.1) is 6.61 Å². The summed E-state index contributed by atoms with van der Waals surface area (Å²) in [6.45, 7) is 4.70. The second-order valence-corrected chi connectivity index (χ2v) is 5.73. The summed E-state index contributed by atoms with van der Waals surface area (Å²) in [5.74, 6) is 0.870. The van der Waals surface area contributed by atoms with Crippen LogP contribution in [0.25, 0.3) is 6.08 Å². The Bertz CT molecular complexity index is 719. The molecule has 1 heterocycles. The molecule has 0 saturated carbocycles. The Morgan fingerprint density at radius 2 is 1.96 bits per heavy atom. The lowest BCUT2D eigenvalue weighted by atomic mass is 10.1. The average molecular weight is 307 g/mol. The minimum atomic E-state index is 0.0244. The molecule has 0 unspecified atom stereocenters. The molecule has 3 heteroatoms. The molecule has 0 radical (unpaired) electrons. The Labute approximate surface area is 137 Å². The van der Waals surface area contributed by atoms with Crippen molar-refractivity contribution in [3.05, 3.63) is 65.7 Å². The smallest absolute Gasteiger partial charge is 0.251 e. The van der Waals surface area contributed by atoms with E-state index in [0.717, 1.165) is 23.4 Å². The van der Waals surface area contributed by atoms with Gasteiger partial charge in [-0.25, -0.2) is 0 Å². The van der Waals surface area contributed by atoms with E-state index in [4.69, 9.17) is 4.74 Å². The second-order valence-electron chi connectivity index (χ2n) is 5.73. The minimum Gasteiger partial charge on any atom is -0.494 e. The lowest BCUT2D eigenvalue weighted by Crippen LogP contribution is -2.34. The van der Waals surface area contributed by atoms with Gasteiger partial charge < -0.3 is 9.64 Å². The van der Waals surface area contributed by atoms with Crippen molar-refractivity contribution < 1.29 is 9.53 Å². The molecule has 0 N–H and O–H groups in total. The van der Waals surface area contributed by atoms with E-state index in [1.54, 1.807) is 6.08 Å². The van der Waals surface area contributed by atoms with Gasteiger partial charge in [0, 0.05) is 17.8 Å². The van der Waals surface area contributed by atoms with Crippen LogP contribution in [-0.2, 0) is 11.2 Å². The van der Waals surface area contributed by atoms with Crippen LogP contribution in [0.1, 0.15) is 25.0 Å². The number of rotatable bonds is 4. The molecular weight excluding hydrogens is 286 g/mol. The highest BCUT2D eigenvalue weighted by Gasteiger charge is 2.29. The fourth-order valence-corrected chi connectivity index (χ4v) is 2.99. The number of carbonyl (C=O) groups is 1. The Morgan fingerprint density at radius 3 is 2.70 bits per heavy atom. The van der Waals surface area contributed by atoms with Gasteiger partial charge in [-0.3, -0.25) is 4.79 Å². The Kier molecular flexibility index (Phi) is 4.47. The Hall–Kier alpha value is -2.55. The molecule has 23 heavy (non-hydrogen) atoms. The van der Waals surface area contributed by atoms with Gasteiger partial charge >= 0.3 is 0 Å². The molecule has 0 spiro atoms. The van der Waals surface area contributed by atoms with E-state index in [1.165, 1.54) is 5.56 Å². The number of amides is 1. The summed E-state index contributed by atoms with van der Waals surface area (Å²) in [4.78, 5) is 14.5. The van der Waals surface area contributed by atoms with Crippen LogP contribution in [0.2, 0.25) is 0 Å². The molecule has 2 aromatic carbocycles. The van der Waals surface area contributed by atoms with Crippen molar-refractivity contribution in [1.82, 2.24) is 0 Å². The van der Waals surface area contributed by atoms with Crippen molar-refractivity contribution in [3.8, 4) is 5.75 Å². The third kappa shape index (κ3) is 3.29. The Balaban J connectivity index is 1.74. The monoisotopic (exact) mass is 307 g/mol. The quantitative estimate of drug-likeness (QED) is 0.797. The topological polar surface area (TPSA) is 29.5 Å². The van der Waals surface area contributed by atoms with Crippen LogP contribution >= 0.6 is 0 Å². The first kappa shape index (κ1) is 15.3. The zero-order chi connectivity index (χ0) is 16.2. The van der Waals surface area contributed by atoms with Gasteiger partial charge in [0.1, 0.15) is 5.75 Å². The molecule has 3 rings (SSSR count). The molecule has 1 aliphatic rings. The summed E-state index contributed by atoms with van der Waals surface area (Å²) in [6, 6.07) is 16.1. The van der Waals surface area contributed by atoms with Crippen LogP contribution in [0, 0.1) is 0 Å². The molecule has 1 aliphatic heterocycles. The number of nitrogens with zero attached hydrogens (tertiary/aromatic N) is 1. The summed E-state index contributed by atoms with van der Waals surface area (Å²) in [5.41, 5.74) is 3.26. The van der Waals surface area contributed by atoms with Gasteiger partial charge in [-0.2, -0.15) is 0 Å². The second kappa shape index (κ2) is 6.69. The highest BCUT2D eigenvalue weighted by atomic mass is 16.5. The predicted octanol–water partition coefficient (Wildman–Crippen LogP) is 4.08. The zero-order valence-electron chi connectivity index (χ0n) is 13.5. The first-order valence-electron chi connectivity index (χ1n) is 8.01. The summed E-state index contributed by atoms with van der Waals surface area (Å²) < 4.78 is 5.42. The van der Waals surface area contributed by atoms with Gasteiger partial charge in [-0.15, -0.1) is 0 Å². The lowest BCUT2D eigenvalue weighted by molar-refractivity contribution is -0.114. The van der Waals surface area contributed by atoms with Gasteiger partial charge in [-0.05, 0) is 55.7 Å². The number of hydrogen-bond donors (Lipinski definition) is 0. The van der Waals surface area contributed by atoms with Gasteiger partial charge in [0.2, 0.25) is 0 Å². The van der Waals surface area contributed by atoms with E-state index in [0.29, 0.717) is 6.61 Å². The van der Waals surface area contributed by atoms with Crippen molar-refractivity contribution in [2.75, 3.05) is 11.5 Å². The summed E-state index contributed by atoms with van der Waals surface area (Å²) in [6.07, 6.45) is 4.42. The van der Waals surface area contributed by atoms with Crippen molar-refractivity contribution >= 4 is 17.7 Å². The van der Waals surface area contributed by atoms with Crippen LogP contribution in [0.5, 0.6) is 5.75 Å². The summed E-state index contributed by atoms with van der Waals surface area (Å²) in [7, 11) is 0. The van der Waals surface area contributed by atoms with E-state index < -0.39 is 0 Å². The maximum Gasteiger partial charge on any atom is 0.251 e. The van der Waals surface area contributed by atoms with Crippen LogP contribution in [0.15, 0.2) is 54.6 Å². The zero-order valence-corrected chi connectivity index (χ0v) is 13.5. The van der Waals surface area contributed by atoms with E-state index in [1.807, 2.05) is 60.4 Å². The van der Waals surface area contributed by atoms with Crippen LogP contribution in [0.4, 0.5) is 5.69 Å². The average Bonchev–Trinajstić information content (AvgIpc) is 2.90. The normalized spacial score (nSPS) is 16.6. The maximum absolute atomic E-state index is 12.6. The summed E-state index contributed by atoms with van der Waals surface area (Å²) >= 11 is 0. The molecular formula is C20H21NO2. The van der Waals surface area contributed by atoms with Crippen molar-refractivity contribution in [2.24, 2.45) is 0 Å². The molecule has 2 aromatic rings. The molecule has 1 atom stereocenters. The lowest BCUT2D eigenvalue weighted by Gasteiger charge is -2.20. The number of carbonyl (C=O) groups excluding carboxylic acids is 1. The highest BCUT2D eigenvalue weighted by Crippen LogP contribution is 2.32. The van der Waals surface area contributed by atoms with Crippen LogP contribution < -0.4 is 9.64 Å². The molecule has 0 aliphatic carbocycles. The molecule has 0 bridgehead atoms. The van der Waals surface area contributed by atoms with E-state index in [9.17, 15) is 4.79 Å². The molecule has 1 amide bonds. The van der Waals surface area contributed by atoms with Gasteiger partial charge in [0.25, 0.3) is 5.91 Å². The molecule has 3 nitrogen and oxygen atoms in total. The fraction of sp³-hybridized carbons (Fsp3) is 0.250. The first-order chi connectivity index (χ1) is 11.2. The summed E-state index contributed by atoms with van der Waals surface area (Å²) in [5, 5.41) is 0. The van der Waals surface area contributed by atoms with Crippen LogP contribution in [0.3, 0.4) is 0 Å². The molecule has 0 fully saturated rings. The van der Waals surface area contributed by atoms with Crippen molar-refractivity contribution in [1.29, 1.82) is 0 Å².